The Bertz CT molecular complexity index is 1410. The van der Waals surface area contributed by atoms with Gasteiger partial charge in [0, 0.05) is 41.0 Å². The highest BCUT2D eigenvalue weighted by molar-refractivity contribution is 7.19. The third-order valence-corrected chi connectivity index (χ3v) is 7.32. The van der Waals surface area contributed by atoms with Crippen LogP contribution in [0.3, 0.4) is 0 Å². The SMILES string of the molecule is c1cncc(-c2nc(NCCc3cccc4cccnc34)c3c4c(sc3n2)CCCC4)c1. The van der Waals surface area contributed by atoms with Crippen molar-refractivity contribution in [2.45, 2.75) is 32.1 Å². The average Bonchev–Trinajstić information content (AvgIpc) is 3.23. The lowest BCUT2D eigenvalue weighted by atomic mass is 9.97. The topological polar surface area (TPSA) is 63.6 Å². The van der Waals surface area contributed by atoms with Crippen molar-refractivity contribution >= 4 is 38.3 Å². The number of nitrogens with zero attached hydrogens (tertiary/aromatic N) is 4. The van der Waals surface area contributed by atoms with Crippen LogP contribution >= 0.6 is 11.3 Å². The molecule has 0 fully saturated rings. The van der Waals surface area contributed by atoms with Crippen molar-refractivity contribution in [2.75, 3.05) is 11.9 Å². The number of aromatic nitrogens is 4. The largest absolute Gasteiger partial charge is 0.369 e. The van der Waals surface area contributed by atoms with E-state index in [0.29, 0.717) is 0 Å². The summed E-state index contributed by atoms with van der Waals surface area (Å²) in [5, 5.41) is 6.05. The second-order valence-corrected chi connectivity index (χ2v) is 9.28. The Morgan fingerprint density at radius 2 is 1.84 bits per heavy atom. The van der Waals surface area contributed by atoms with Crippen molar-refractivity contribution in [1.29, 1.82) is 0 Å². The molecule has 0 atom stereocenters. The second kappa shape index (κ2) is 8.28. The van der Waals surface area contributed by atoms with Crippen LogP contribution in [0.1, 0.15) is 28.8 Å². The molecule has 5 aromatic rings. The number of pyridine rings is 2. The molecule has 1 aliphatic rings. The van der Waals surface area contributed by atoms with Crippen LogP contribution in [0.15, 0.2) is 61.1 Å². The number of benzene rings is 1. The monoisotopic (exact) mass is 437 g/mol. The van der Waals surface area contributed by atoms with Gasteiger partial charge in [0.1, 0.15) is 10.6 Å². The predicted molar refractivity (Wildman–Crippen MR) is 131 cm³/mol. The van der Waals surface area contributed by atoms with Gasteiger partial charge in [0.15, 0.2) is 5.82 Å². The zero-order valence-electron chi connectivity index (χ0n) is 17.7. The molecular weight excluding hydrogens is 414 g/mol. The van der Waals surface area contributed by atoms with Gasteiger partial charge in [-0.15, -0.1) is 11.3 Å². The van der Waals surface area contributed by atoms with Crippen LogP contribution in [-0.2, 0) is 19.3 Å². The number of thiophene rings is 1. The number of hydrogen-bond donors (Lipinski definition) is 1. The first-order valence-electron chi connectivity index (χ1n) is 11.2. The van der Waals surface area contributed by atoms with Crippen molar-refractivity contribution in [2.24, 2.45) is 0 Å². The fraction of sp³-hybridized carbons (Fsp3) is 0.231. The molecule has 0 unspecified atom stereocenters. The maximum atomic E-state index is 4.97. The van der Waals surface area contributed by atoms with Gasteiger partial charge in [-0.3, -0.25) is 9.97 Å². The molecule has 32 heavy (non-hydrogen) atoms. The Morgan fingerprint density at radius 3 is 2.78 bits per heavy atom. The minimum Gasteiger partial charge on any atom is -0.369 e. The summed E-state index contributed by atoms with van der Waals surface area (Å²) < 4.78 is 0. The van der Waals surface area contributed by atoms with E-state index >= 15 is 0 Å². The molecule has 4 aromatic heterocycles. The van der Waals surface area contributed by atoms with Gasteiger partial charge in [0.2, 0.25) is 0 Å². The van der Waals surface area contributed by atoms with Gasteiger partial charge in [0.25, 0.3) is 0 Å². The molecule has 0 saturated heterocycles. The number of hydrogen-bond acceptors (Lipinski definition) is 6. The number of nitrogens with one attached hydrogen (secondary N) is 1. The van der Waals surface area contributed by atoms with Gasteiger partial charge in [-0.1, -0.05) is 24.3 Å². The van der Waals surface area contributed by atoms with E-state index < -0.39 is 0 Å². The molecule has 158 valence electrons. The Hall–Kier alpha value is -3.38. The van der Waals surface area contributed by atoms with Crippen LogP contribution in [0.25, 0.3) is 32.5 Å². The molecule has 6 heteroatoms. The van der Waals surface area contributed by atoms with Gasteiger partial charge in [-0.05, 0) is 61.4 Å². The van der Waals surface area contributed by atoms with E-state index in [9.17, 15) is 0 Å². The summed E-state index contributed by atoms with van der Waals surface area (Å²) >= 11 is 1.83. The summed E-state index contributed by atoms with van der Waals surface area (Å²) in [5.74, 6) is 1.68. The van der Waals surface area contributed by atoms with Crippen LogP contribution in [0.5, 0.6) is 0 Å². The van der Waals surface area contributed by atoms with Crippen molar-refractivity contribution in [3.63, 3.8) is 0 Å². The Balaban J connectivity index is 1.37. The van der Waals surface area contributed by atoms with E-state index in [-0.39, 0.29) is 0 Å². The number of fused-ring (bicyclic) bond motifs is 4. The van der Waals surface area contributed by atoms with E-state index in [1.54, 1.807) is 6.20 Å². The predicted octanol–water partition coefficient (Wildman–Crippen LogP) is 5.83. The number of anilines is 1. The number of aryl methyl sites for hydroxylation is 2. The molecular formula is C26H23N5S. The average molecular weight is 438 g/mol. The summed E-state index contributed by atoms with van der Waals surface area (Å²) in [4.78, 5) is 21.3. The minimum absolute atomic E-state index is 0.735. The maximum absolute atomic E-state index is 4.97. The first-order chi connectivity index (χ1) is 15.9. The molecule has 0 radical (unpaired) electrons. The van der Waals surface area contributed by atoms with Crippen LogP contribution in [0, 0.1) is 0 Å². The van der Waals surface area contributed by atoms with Crippen LogP contribution in [-0.4, -0.2) is 26.5 Å². The fourth-order valence-electron chi connectivity index (χ4n) is 4.59. The summed E-state index contributed by atoms with van der Waals surface area (Å²) in [6, 6.07) is 14.5. The van der Waals surface area contributed by atoms with Crippen LogP contribution in [0.4, 0.5) is 5.82 Å². The third-order valence-electron chi connectivity index (χ3n) is 6.14. The molecule has 4 heterocycles. The smallest absolute Gasteiger partial charge is 0.164 e. The molecule has 0 spiro atoms. The molecule has 0 amide bonds. The quantitative estimate of drug-likeness (QED) is 0.374. The lowest BCUT2D eigenvalue weighted by Gasteiger charge is -2.14. The molecule has 1 aromatic carbocycles. The molecule has 5 nitrogen and oxygen atoms in total. The summed E-state index contributed by atoms with van der Waals surface area (Å²) in [7, 11) is 0. The van der Waals surface area contributed by atoms with Crippen molar-refractivity contribution in [3.05, 3.63) is 77.1 Å². The van der Waals surface area contributed by atoms with Gasteiger partial charge in [0.05, 0.1) is 10.9 Å². The Kier molecular flexibility index (Phi) is 5.00. The van der Waals surface area contributed by atoms with E-state index in [2.05, 4.69) is 39.6 Å². The standard InChI is InChI=1S/C26H23N5S/c1-2-11-21-20(10-1)22-25(30-24(31-26(22)32-21)19-9-4-13-27-16-19)29-15-12-18-7-3-6-17-8-5-14-28-23(17)18/h3-9,13-14,16H,1-2,10-12,15H2,(H,29,30,31). The molecule has 0 bridgehead atoms. The van der Waals surface area contributed by atoms with Crippen LogP contribution in [0.2, 0.25) is 0 Å². The van der Waals surface area contributed by atoms with E-state index in [1.807, 2.05) is 41.9 Å². The van der Waals surface area contributed by atoms with Gasteiger partial charge < -0.3 is 5.32 Å². The highest BCUT2D eigenvalue weighted by atomic mass is 32.1. The summed E-state index contributed by atoms with van der Waals surface area (Å²) in [6.45, 7) is 0.791. The lowest BCUT2D eigenvalue weighted by Crippen LogP contribution is -2.09. The first-order valence-corrected chi connectivity index (χ1v) is 12.0. The zero-order valence-corrected chi connectivity index (χ0v) is 18.5. The number of rotatable bonds is 5. The molecule has 1 N–H and O–H groups in total. The van der Waals surface area contributed by atoms with E-state index in [1.165, 1.54) is 39.6 Å². The molecule has 0 aliphatic heterocycles. The second-order valence-electron chi connectivity index (χ2n) is 8.20. The normalized spacial score (nSPS) is 13.4. The van der Waals surface area contributed by atoms with Crippen molar-refractivity contribution in [1.82, 2.24) is 19.9 Å². The Labute approximate surface area is 190 Å². The fourth-order valence-corrected chi connectivity index (χ4v) is 5.86. The third kappa shape index (κ3) is 3.50. The molecule has 0 saturated carbocycles. The minimum atomic E-state index is 0.735. The van der Waals surface area contributed by atoms with Crippen molar-refractivity contribution < 1.29 is 0 Å². The summed E-state index contributed by atoms with van der Waals surface area (Å²) in [6.07, 6.45) is 11.1. The van der Waals surface area contributed by atoms with Crippen molar-refractivity contribution in [3.8, 4) is 11.4 Å². The highest BCUT2D eigenvalue weighted by Crippen LogP contribution is 2.39. The van der Waals surface area contributed by atoms with E-state index in [0.717, 1.165) is 53.4 Å². The first kappa shape index (κ1) is 19.3. The van der Waals surface area contributed by atoms with Crippen LogP contribution < -0.4 is 5.32 Å². The molecule has 1 aliphatic carbocycles. The lowest BCUT2D eigenvalue weighted by molar-refractivity contribution is 0.700. The maximum Gasteiger partial charge on any atom is 0.164 e. The zero-order chi connectivity index (χ0) is 21.3. The van der Waals surface area contributed by atoms with Gasteiger partial charge >= 0.3 is 0 Å². The highest BCUT2D eigenvalue weighted by Gasteiger charge is 2.21. The summed E-state index contributed by atoms with van der Waals surface area (Å²) in [5.41, 5.74) is 4.72. The van der Waals surface area contributed by atoms with Gasteiger partial charge in [-0.2, -0.15) is 0 Å². The molecule has 6 rings (SSSR count). The van der Waals surface area contributed by atoms with Gasteiger partial charge in [-0.25, -0.2) is 9.97 Å². The number of para-hydroxylation sites is 1. The Morgan fingerprint density at radius 1 is 0.938 bits per heavy atom. The van der Waals surface area contributed by atoms with E-state index in [4.69, 9.17) is 9.97 Å².